The van der Waals surface area contributed by atoms with Crippen LogP contribution in [0, 0.1) is 0 Å². The van der Waals surface area contributed by atoms with Crippen LogP contribution < -0.4 is 4.84 Å². The van der Waals surface area contributed by atoms with Crippen LogP contribution in [0.3, 0.4) is 0 Å². The molecule has 0 bridgehead atoms. The Bertz CT molecular complexity index is 661. The van der Waals surface area contributed by atoms with Crippen molar-refractivity contribution in [3.63, 3.8) is 0 Å². The average Bonchev–Trinajstić information content (AvgIpc) is 2.52. The molecule has 0 saturated heterocycles. The third kappa shape index (κ3) is 5.11. The summed E-state index contributed by atoms with van der Waals surface area (Å²) in [7, 11) is 0. The first-order chi connectivity index (χ1) is 11.0. The zero-order chi connectivity index (χ0) is 16.8. The fourth-order valence-electron chi connectivity index (χ4n) is 2.58. The monoisotopic (exact) mass is 371 g/mol. The van der Waals surface area contributed by atoms with E-state index in [2.05, 4.69) is 4.84 Å². The van der Waals surface area contributed by atoms with Gasteiger partial charge in [-0.15, -0.1) is 0 Å². The lowest BCUT2D eigenvalue weighted by molar-refractivity contribution is -0.137. The highest BCUT2D eigenvalue weighted by atomic mass is 35.5. The van der Waals surface area contributed by atoms with E-state index in [1.807, 2.05) is 30.3 Å². The molecule has 6 heteroatoms. The topological polar surface area (TPSA) is 49.3 Å². The summed E-state index contributed by atoms with van der Waals surface area (Å²) >= 11 is 18.0. The van der Waals surface area contributed by atoms with Crippen molar-refractivity contribution in [2.24, 2.45) is 0 Å². The molecule has 0 heterocycles. The molecule has 2 atom stereocenters. The number of carboxylic acids is 1. The molecule has 23 heavy (non-hydrogen) atoms. The molecule has 0 radical (unpaired) electrons. The molecule has 0 aliphatic heterocycles. The summed E-state index contributed by atoms with van der Waals surface area (Å²) < 4.78 is 0. The first-order valence-corrected chi connectivity index (χ1v) is 8.23. The maximum atomic E-state index is 11.0. The number of nitrogens with one attached hydrogen (secondary N) is 1. The Hall–Kier alpha value is -1.26. The summed E-state index contributed by atoms with van der Waals surface area (Å²) in [6, 6.07) is 14.5. The van der Waals surface area contributed by atoms with Gasteiger partial charge in [0.1, 0.15) is 0 Å². The summed E-state index contributed by atoms with van der Waals surface area (Å²) in [4.78, 5) is 13.8. The summed E-state index contributed by atoms with van der Waals surface area (Å²) in [5.74, 6) is -0.982. The van der Waals surface area contributed by atoms with Gasteiger partial charge in [-0.25, -0.2) is 4.84 Å². The van der Waals surface area contributed by atoms with Gasteiger partial charge >= 0.3 is 5.97 Å². The molecule has 2 aromatic rings. The quantitative estimate of drug-likeness (QED) is 0.637. The molecule has 0 saturated carbocycles. The van der Waals surface area contributed by atoms with Crippen LogP contribution in [0.2, 0.25) is 10.0 Å². The van der Waals surface area contributed by atoms with E-state index in [1.54, 1.807) is 18.2 Å². The second-order valence-electron chi connectivity index (χ2n) is 5.23. The van der Waals surface area contributed by atoms with Crippen LogP contribution in [-0.4, -0.2) is 11.1 Å². The summed E-state index contributed by atoms with van der Waals surface area (Å²) in [6.07, 6.45) is 0.475. The van der Waals surface area contributed by atoms with Gasteiger partial charge < -0.3 is 5.11 Å². The van der Waals surface area contributed by atoms with E-state index in [4.69, 9.17) is 40.1 Å². The molecular formula is C17H16Cl3NO2. The van der Waals surface area contributed by atoms with Gasteiger partial charge in [-0.3, -0.25) is 4.79 Å². The highest BCUT2D eigenvalue weighted by Crippen LogP contribution is 2.36. The summed E-state index contributed by atoms with van der Waals surface area (Å²) in [5.41, 5.74) is 1.87. The minimum atomic E-state index is -0.846. The fourth-order valence-corrected chi connectivity index (χ4v) is 3.19. The van der Waals surface area contributed by atoms with Gasteiger partial charge in [-0.05, 0) is 53.6 Å². The number of carbonyl (C=O) groups is 1. The lowest BCUT2D eigenvalue weighted by atomic mass is 9.84. The lowest BCUT2D eigenvalue weighted by Crippen LogP contribution is -2.21. The Labute approximate surface area is 150 Å². The minimum Gasteiger partial charge on any atom is -0.481 e. The van der Waals surface area contributed by atoms with Gasteiger partial charge in [-0.1, -0.05) is 47.5 Å². The molecule has 0 aliphatic rings. The Morgan fingerprint density at radius 3 is 2.30 bits per heavy atom. The zero-order valence-corrected chi connectivity index (χ0v) is 14.4. The second kappa shape index (κ2) is 8.55. The van der Waals surface area contributed by atoms with Crippen molar-refractivity contribution in [3.05, 3.63) is 69.7 Å². The van der Waals surface area contributed by atoms with Crippen molar-refractivity contribution >= 4 is 40.9 Å². The second-order valence-corrected chi connectivity index (χ2v) is 6.32. The number of rotatable bonds is 7. The standard InChI is InChI=1S/C17H16Cl3NO2/c18-13-6-4-11(5-7-13)17(21-20)15(8-9-16(22)23)12-2-1-3-14(19)10-12/h1-7,10,15,17,21H,8-9H2,(H,22,23). The smallest absolute Gasteiger partial charge is 0.303 e. The van der Waals surface area contributed by atoms with Crippen LogP contribution in [0.25, 0.3) is 0 Å². The van der Waals surface area contributed by atoms with Crippen LogP contribution in [0.5, 0.6) is 0 Å². The molecule has 2 N–H and O–H groups in total. The van der Waals surface area contributed by atoms with E-state index in [0.717, 1.165) is 11.1 Å². The van der Waals surface area contributed by atoms with Gasteiger partial charge in [0.05, 0.1) is 6.04 Å². The molecule has 2 unspecified atom stereocenters. The Balaban J connectivity index is 2.36. The molecule has 0 amide bonds. The number of carboxylic acid groups (broad SMARTS) is 1. The predicted octanol–water partition coefficient (Wildman–Crippen LogP) is 5.43. The SMILES string of the molecule is O=C(O)CCC(c1cccc(Cl)c1)C(NCl)c1ccc(Cl)cc1. The average molecular weight is 373 g/mol. The highest BCUT2D eigenvalue weighted by Gasteiger charge is 2.25. The van der Waals surface area contributed by atoms with Crippen LogP contribution in [-0.2, 0) is 4.79 Å². The predicted molar refractivity (Wildman–Crippen MR) is 94.2 cm³/mol. The number of halogens is 3. The van der Waals surface area contributed by atoms with Gasteiger partial charge in [0, 0.05) is 22.4 Å². The van der Waals surface area contributed by atoms with Crippen molar-refractivity contribution in [2.45, 2.75) is 24.8 Å². The van der Waals surface area contributed by atoms with Gasteiger partial charge in [0.15, 0.2) is 0 Å². The molecule has 0 spiro atoms. The number of hydrogen-bond donors (Lipinski definition) is 2. The van der Waals surface area contributed by atoms with Gasteiger partial charge in [-0.2, -0.15) is 0 Å². The normalized spacial score (nSPS) is 13.5. The Morgan fingerprint density at radius 1 is 1.04 bits per heavy atom. The number of benzene rings is 2. The molecular weight excluding hydrogens is 357 g/mol. The molecule has 3 nitrogen and oxygen atoms in total. The van der Waals surface area contributed by atoms with Crippen molar-refractivity contribution < 1.29 is 9.90 Å². The molecule has 0 fully saturated rings. The van der Waals surface area contributed by atoms with Crippen molar-refractivity contribution in [1.29, 1.82) is 0 Å². The van der Waals surface area contributed by atoms with Gasteiger partial charge in [0.25, 0.3) is 0 Å². The fraction of sp³-hybridized carbons (Fsp3) is 0.235. The number of hydrogen-bond acceptors (Lipinski definition) is 2. The third-order valence-electron chi connectivity index (χ3n) is 3.70. The first-order valence-electron chi connectivity index (χ1n) is 7.10. The maximum absolute atomic E-state index is 11.0. The first kappa shape index (κ1) is 18.1. The van der Waals surface area contributed by atoms with E-state index < -0.39 is 5.97 Å². The number of aliphatic carboxylic acids is 1. The molecule has 0 aliphatic carbocycles. The van der Waals surface area contributed by atoms with Crippen LogP contribution >= 0.6 is 35.0 Å². The van der Waals surface area contributed by atoms with E-state index in [0.29, 0.717) is 16.5 Å². The van der Waals surface area contributed by atoms with Crippen molar-refractivity contribution in [2.75, 3.05) is 0 Å². The van der Waals surface area contributed by atoms with Crippen molar-refractivity contribution in [1.82, 2.24) is 4.84 Å². The lowest BCUT2D eigenvalue weighted by Gasteiger charge is -2.26. The maximum Gasteiger partial charge on any atom is 0.303 e. The van der Waals surface area contributed by atoms with E-state index in [9.17, 15) is 4.79 Å². The van der Waals surface area contributed by atoms with E-state index >= 15 is 0 Å². The van der Waals surface area contributed by atoms with E-state index in [-0.39, 0.29) is 18.4 Å². The van der Waals surface area contributed by atoms with E-state index in [1.165, 1.54) is 0 Å². The van der Waals surface area contributed by atoms with Crippen LogP contribution in [0.1, 0.15) is 35.9 Å². The van der Waals surface area contributed by atoms with Crippen LogP contribution in [0.4, 0.5) is 0 Å². The Kier molecular flexibility index (Phi) is 6.72. The summed E-state index contributed by atoms with van der Waals surface area (Å²) in [5, 5.41) is 10.3. The Morgan fingerprint density at radius 2 is 1.74 bits per heavy atom. The summed E-state index contributed by atoms with van der Waals surface area (Å²) in [6.45, 7) is 0. The zero-order valence-electron chi connectivity index (χ0n) is 12.2. The highest BCUT2D eigenvalue weighted by molar-refractivity contribution is 6.30. The third-order valence-corrected chi connectivity index (χ3v) is 4.42. The molecule has 122 valence electrons. The minimum absolute atomic E-state index is 0.0415. The molecule has 2 rings (SSSR count). The van der Waals surface area contributed by atoms with Crippen LogP contribution in [0.15, 0.2) is 48.5 Å². The molecule has 0 aromatic heterocycles. The van der Waals surface area contributed by atoms with Gasteiger partial charge in [0.2, 0.25) is 0 Å². The molecule has 2 aromatic carbocycles. The largest absolute Gasteiger partial charge is 0.481 e. The van der Waals surface area contributed by atoms with Crippen molar-refractivity contribution in [3.8, 4) is 0 Å².